The fraction of sp³-hybridized carbons (Fsp3) is 0.200. The van der Waals surface area contributed by atoms with Crippen LogP contribution in [0.3, 0.4) is 0 Å². The van der Waals surface area contributed by atoms with E-state index in [1.54, 1.807) is 7.11 Å². The smallest absolute Gasteiger partial charge is 0.122 e. The summed E-state index contributed by atoms with van der Waals surface area (Å²) in [5.41, 5.74) is 8.79. The second-order valence-electron chi connectivity index (χ2n) is 4.22. The number of nitrogens with two attached hydrogens (primary N) is 1. The molecule has 0 aromatic heterocycles. The lowest BCUT2D eigenvalue weighted by atomic mass is 10.1. The number of para-hydroxylation sites is 2. The number of halogens is 1. The molecule has 100 valence electrons. The van der Waals surface area contributed by atoms with Gasteiger partial charge < -0.3 is 15.8 Å². The summed E-state index contributed by atoms with van der Waals surface area (Å²) in [6, 6.07) is 13.8. The third-order valence-corrected chi connectivity index (χ3v) is 3.41. The maximum atomic E-state index is 5.89. The van der Waals surface area contributed by atoms with Gasteiger partial charge in [0.1, 0.15) is 5.75 Å². The van der Waals surface area contributed by atoms with Crippen molar-refractivity contribution in [3.63, 3.8) is 0 Å². The summed E-state index contributed by atoms with van der Waals surface area (Å²) < 4.78 is 6.41. The molecule has 0 aliphatic rings. The van der Waals surface area contributed by atoms with Crippen LogP contribution < -0.4 is 15.8 Å². The average molecular weight is 321 g/mol. The fourth-order valence-electron chi connectivity index (χ4n) is 1.93. The first-order chi connectivity index (χ1) is 9.20. The third kappa shape index (κ3) is 3.64. The molecule has 2 aromatic carbocycles. The van der Waals surface area contributed by atoms with E-state index in [9.17, 15) is 0 Å². The van der Waals surface area contributed by atoms with Gasteiger partial charge in [0.05, 0.1) is 18.5 Å². The summed E-state index contributed by atoms with van der Waals surface area (Å²) in [4.78, 5) is 0. The minimum absolute atomic E-state index is 0.767. The maximum absolute atomic E-state index is 5.89. The molecule has 3 N–H and O–H groups in total. The van der Waals surface area contributed by atoms with Gasteiger partial charge in [0, 0.05) is 11.0 Å². The highest BCUT2D eigenvalue weighted by molar-refractivity contribution is 9.10. The largest absolute Gasteiger partial charge is 0.496 e. The second kappa shape index (κ2) is 6.48. The van der Waals surface area contributed by atoms with Crippen LogP contribution in [0.5, 0.6) is 5.75 Å². The van der Waals surface area contributed by atoms with Crippen molar-refractivity contribution in [3.8, 4) is 5.75 Å². The number of hydrogen-bond donors (Lipinski definition) is 2. The van der Waals surface area contributed by atoms with Crippen LogP contribution in [0, 0.1) is 0 Å². The van der Waals surface area contributed by atoms with Crippen molar-refractivity contribution in [2.45, 2.75) is 6.42 Å². The zero-order valence-electron chi connectivity index (χ0n) is 10.8. The topological polar surface area (TPSA) is 47.3 Å². The number of anilines is 2. The van der Waals surface area contributed by atoms with Crippen molar-refractivity contribution in [2.24, 2.45) is 0 Å². The minimum Gasteiger partial charge on any atom is -0.496 e. The van der Waals surface area contributed by atoms with Crippen molar-refractivity contribution >= 4 is 27.3 Å². The summed E-state index contributed by atoms with van der Waals surface area (Å²) in [5, 5.41) is 3.34. The molecule has 4 heteroatoms. The molecular formula is C15H17BrN2O. The van der Waals surface area contributed by atoms with Gasteiger partial charge in [-0.2, -0.15) is 0 Å². The molecule has 0 fully saturated rings. The molecule has 0 bridgehead atoms. The van der Waals surface area contributed by atoms with Crippen LogP contribution in [0.25, 0.3) is 0 Å². The van der Waals surface area contributed by atoms with E-state index in [4.69, 9.17) is 10.5 Å². The van der Waals surface area contributed by atoms with Crippen molar-refractivity contribution in [3.05, 3.63) is 52.5 Å². The predicted molar refractivity (Wildman–Crippen MR) is 83.7 cm³/mol. The molecule has 2 rings (SSSR count). The number of hydrogen-bond acceptors (Lipinski definition) is 3. The highest BCUT2D eigenvalue weighted by atomic mass is 79.9. The minimum atomic E-state index is 0.767. The number of nitrogen functional groups attached to an aromatic ring is 1. The Kier molecular flexibility index (Phi) is 4.68. The van der Waals surface area contributed by atoms with Crippen molar-refractivity contribution in [1.29, 1.82) is 0 Å². The maximum Gasteiger partial charge on any atom is 0.122 e. The Bertz CT molecular complexity index is 558. The van der Waals surface area contributed by atoms with E-state index in [2.05, 4.69) is 27.3 Å². The van der Waals surface area contributed by atoms with Gasteiger partial charge in [-0.1, -0.05) is 28.1 Å². The van der Waals surface area contributed by atoms with Gasteiger partial charge in [-0.05, 0) is 42.3 Å². The number of benzene rings is 2. The lowest BCUT2D eigenvalue weighted by molar-refractivity contribution is 0.410. The van der Waals surface area contributed by atoms with Gasteiger partial charge in [-0.15, -0.1) is 0 Å². The first-order valence-electron chi connectivity index (χ1n) is 6.11. The average Bonchev–Trinajstić information content (AvgIpc) is 2.41. The van der Waals surface area contributed by atoms with Crippen LogP contribution >= 0.6 is 15.9 Å². The molecule has 0 aliphatic carbocycles. The van der Waals surface area contributed by atoms with Gasteiger partial charge in [0.2, 0.25) is 0 Å². The van der Waals surface area contributed by atoms with E-state index in [1.807, 2.05) is 36.4 Å². The van der Waals surface area contributed by atoms with E-state index >= 15 is 0 Å². The van der Waals surface area contributed by atoms with E-state index < -0.39 is 0 Å². The number of methoxy groups -OCH3 is 1. The van der Waals surface area contributed by atoms with Crippen LogP contribution in [-0.4, -0.2) is 13.7 Å². The zero-order valence-corrected chi connectivity index (χ0v) is 12.4. The Balaban J connectivity index is 2.00. The molecule has 0 saturated carbocycles. The molecular weight excluding hydrogens is 304 g/mol. The van der Waals surface area contributed by atoms with Gasteiger partial charge in [-0.25, -0.2) is 0 Å². The monoisotopic (exact) mass is 320 g/mol. The predicted octanol–water partition coefficient (Wildman–Crippen LogP) is 3.69. The second-order valence-corrected chi connectivity index (χ2v) is 5.14. The first-order valence-corrected chi connectivity index (χ1v) is 6.91. The van der Waals surface area contributed by atoms with Crippen LogP contribution in [0.4, 0.5) is 11.4 Å². The Labute approximate surface area is 121 Å². The van der Waals surface area contributed by atoms with Gasteiger partial charge in [-0.3, -0.25) is 0 Å². The summed E-state index contributed by atoms with van der Waals surface area (Å²) in [6.07, 6.45) is 0.872. The Morgan fingerprint density at radius 1 is 1.21 bits per heavy atom. The van der Waals surface area contributed by atoms with Gasteiger partial charge in [0.15, 0.2) is 0 Å². The van der Waals surface area contributed by atoms with E-state index in [1.165, 1.54) is 5.56 Å². The Hall–Kier alpha value is -1.68. The summed E-state index contributed by atoms with van der Waals surface area (Å²) >= 11 is 3.48. The molecule has 0 heterocycles. The summed E-state index contributed by atoms with van der Waals surface area (Å²) in [7, 11) is 1.69. The van der Waals surface area contributed by atoms with E-state index in [0.29, 0.717) is 0 Å². The standard InChI is InChI=1S/C15H17BrN2O/c1-19-15-7-6-12(16)10-11(15)8-9-18-14-5-3-2-4-13(14)17/h2-7,10,18H,8-9,17H2,1H3. The third-order valence-electron chi connectivity index (χ3n) is 2.91. The molecule has 19 heavy (non-hydrogen) atoms. The van der Waals surface area contributed by atoms with Crippen LogP contribution in [0.15, 0.2) is 46.9 Å². The molecule has 0 spiro atoms. The number of nitrogens with one attached hydrogen (secondary N) is 1. The molecule has 3 nitrogen and oxygen atoms in total. The molecule has 0 amide bonds. The SMILES string of the molecule is COc1ccc(Br)cc1CCNc1ccccc1N. The van der Waals surface area contributed by atoms with Gasteiger partial charge >= 0.3 is 0 Å². The Morgan fingerprint density at radius 3 is 2.74 bits per heavy atom. The quantitative estimate of drug-likeness (QED) is 0.826. The number of ether oxygens (including phenoxy) is 1. The van der Waals surface area contributed by atoms with Crippen LogP contribution in [-0.2, 0) is 6.42 Å². The lowest BCUT2D eigenvalue weighted by Gasteiger charge is -2.11. The molecule has 0 atom stereocenters. The Morgan fingerprint density at radius 2 is 2.00 bits per heavy atom. The van der Waals surface area contributed by atoms with Crippen LogP contribution in [0.1, 0.15) is 5.56 Å². The molecule has 0 aliphatic heterocycles. The highest BCUT2D eigenvalue weighted by Gasteiger charge is 2.04. The summed E-state index contributed by atoms with van der Waals surface area (Å²) in [5.74, 6) is 0.908. The van der Waals surface area contributed by atoms with Crippen molar-refractivity contribution in [1.82, 2.24) is 0 Å². The number of rotatable bonds is 5. The van der Waals surface area contributed by atoms with E-state index in [0.717, 1.165) is 34.6 Å². The first kappa shape index (κ1) is 13.7. The normalized spacial score (nSPS) is 10.2. The zero-order chi connectivity index (χ0) is 13.7. The van der Waals surface area contributed by atoms with Crippen molar-refractivity contribution in [2.75, 3.05) is 24.7 Å². The van der Waals surface area contributed by atoms with E-state index in [-0.39, 0.29) is 0 Å². The molecule has 0 unspecified atom stereocenters. The van der Waals surface area contributed by atoms with Gasteiger partial charge in [0.25, 0.3) is 0 Å². The highest BCUT2D eigenvalue weighted by Crippen LogP contribution is 2.24. The van der Waals surface area contributed by atoms with Crippen molar-refractivity contribution < 1.29 is 4.74 Å². The molecule has 0 saturated heterocycles. The lowest BCUT2D eigenvalue weighted by Crippen LogP contribution is -2.07. The molecule has 0 radical (unpaired) electrons. The van der Waals surface area contributed by atoms with Crippen LogP contribution in [0.2, 0.25) is 0 Å². The molecule has 2 aromatic rings. The fourth-order valence-corrected chi connectivity index (χ4v) is 2.34. The summed E-state index contributed by atoms with van der Waals surface area (Å²) in [6.45, 7) is 0.807.